The summed E-state index contributed by atoms with van der Waals surface area (Å²) in [5.74, 6) is -0.0243. The second kappa shape index (κ2) is 5.82. The minimum Gasteiger partial charge on any atom is -0.347 e. The van der Waals surface area contributed by atoms with E-state index in [-0.39, 0.29) is 18.0 Å². The highest BCUT2D eigenvalue weighted by Crippen LogP contribution is 2.32. The maximum atomic E-state index is 12.0. The van der Waals surface area contributed by atoms with Gasteiger partial charge in [-0.1, -0.05) is 12.8 Å². The Labute approximate surface area is 121 Å². The number of thiophene rings is 1. The molecular weight excluding hydrogens is 368 g/mol. The van der Waals surface area contributed by atoms with Gasteiger partial charge in [0.2, 0.25) is 0 Å². The first-order valence-corrected chi connectivity index (χ1v) is 7.99. The van der Waals surface area contributed by atoms with E-state index in [1.54, 1.807) is 0 Å². The second-order valence-corrected chi connectivity index (χ2v) is 7.48. The molecule has 2 atom stereocenters. The second-order valence-electron chi connectivity index (χ2n) is 4.26. The Morgan fingerprint density at radius 1 is 1.41 bits per heavy atom. The quantitative estimate of drug-likeness (QED) is 0.825. The minimum absolute atomic E-state index is 0.0243. The van der Waals surface area contributed by atoms with E-state index < -0.39 is 0 Å². The Morgan fingerprint density at radius 3 is 2.71 bits per heavy atom. The molecular formula is C11H14Br2N2OS. The third-order valence-electron chi connectivity index (χ3n) is 3.00. The van der Waals surface area contributed by atoms with Crippen molar-refractivity contribution in [2.45, 2.75) is 37.8 Å². The normalized spacial score (nSPS) is 24.6. The van der Waals surface area contributed by atoms with E-state index in [1.807, 2.05) is 6.07 Å². The van der Waals surface area contributed by atoms with Gasteiger partial charge in [-0.3, -0.25) is 4.79 Å². The summed E-state index contributed by atoms with van der Waals surface area (Å²) in [5.41, 5.74) is 6.01. The Morgan fingerprint density at radius 2 is 2.12 bits per heavy atom. The van der Waals surface area contributed by atoms with Crippen molar-refractivity contribution in [3.8, 4) is 0 Å². The van der Waals surface area contributed by atoms with E-state index in [0.717, 1.165) is 27.5 Å². The molecule has 17 heavy (non-hydrogen) atoms. The first-order valence-electron chi connectivity index (χ1n) is 5.59. The number of carbonyl (C=O) groups excluding carboxylic acids is 1. The van der Waals surface area contributed by atoms with Crippen LogP contribution in [0, 0.1) is 0 Å². The maximum Gasteiger partial charge on any atom is 0.261 e. The molecule has 6 heteroatoms. The van der Waals surface area contributed by atoms with Crippen molar-refractivity contribution >= 4 is 49.1 Å². The van der Waals surface area contributed by atoms with Crippen molar-refractivity contribution in [1.82, 2.24) is 5.32 Å². The number of hydrogen-bond donors (Lipinski definition) is 2. The Balaban J connectivity index is 2.01. The van der Waals surface area contributed by atoms with Gasteiger partial charge < -0.3 is 11.1 Å². The molecule has 0 saturated heterocycles. The molecule has 1 heterocycles. The first-order chi connectivity index (χ1) is 8.08. The monoisotopic (exact) mass is 380 g/mol. The fourth-order valence-corrected chi connectivity index (χ4v) is 3.98. The summed E-state index contributed by atoms with van der Waals surface area (Å²) in [6.07, 6.45) is 4.31. The summed E-state index contributed by atoms with van der Waals surface area (Å²) < 4.78 is 1.86. The van der Waals surface area contributed by atoms with Crippen molar-refractivity contribution in [2.24, 2.45) is 5.73 Å². The number of carbonyl (C=O) groups is 1. The van der Waals surface area contributed by atoms with E-state index in [0.29, 0.717) is 4.88 Å². The standard InChI is InChI=1S/C11H14Br2N2OS/c12-6-5-9(17-10(6)13)11(16)15-8-4-2-1-3-7(8)14/h5,7-8H,1-4,14H2,(H,15,16). The largest absolute Gasteiger partial charge is 0.347 e. The molecule has 1 amide bonds. The van der Waals surface area contributed by atoms with E-state index in [9.17, 15) is 4.79 Å². The summed E-state index contributed by atoms with van der Waals surface area (Å²) in [7, 11) is 0. The zero-order valence-electron chi connectivity index (χ0n) is 9.21. The molecule has 1 aliphatic carbocycles. The average Bonchev–Trinajstić information content (AvgIpc) is 2.63. The van der Waals surface area contributed by atoms with Gasteiger partial charge in [-0.15, -0.1) is 11.3 Å². The lowest BCUT2D eigenvalue weighted by Gasteiger charge is -2.29. The molecule has 1 aliphatic rings. The van der Waals surface area contributed by atoms with Crippen LogP contribution in [0.15, 0.2) is 14.3 Å². The summed E-state index contributed by atoms with van der Waals surface area (Å²) >= 11 is 8.20. The van der Waals surface area contributed by atoms with Crippen LogP contribution in [0.2, 0.25) is 0 Å². The smallest absolute Gasteiger partial charge is 0.261 e. The number of rotatable bonds is 2. The van der Waals surface area contributed by atoms with Crippen molar-refractivity contribution in [3.05, 3.63) is 19.2 Å². The third kappa shape index (κ3) is 3.30. The van der Waals surface area contributed by atoms with Crippen LogP contribution in [0.1, 0.15) is 35.4 Å². The average molecular weight is 382 g/mol. The molecule has 1 aromatic heterocycles. The van der Waals surface area contributed by atoms with Crippen LogP contribution in [0.25, 0.3) is 0 Å². The maximum absolute atomic E-state index is 12.0. The zero-order chi connectivity index (χ0) is 12.4. The Hall–Kier alpha value is 0.0900. The molecule has 0 spiro atoms. The van der Waals surface area contributed by atoms with Crippen LogP contribution in [0.4, 0.5) is 0 Å². The van der Waals surface area contributed by atoms with Crippen LogP contribution in [-0.2, 0) is 0 Å². The highest BCUT2D eigenvalue weighted by atomic mass is 79.9. The van der Waals surface area contributed by atoms with Crippen LogP contribution in [0.5, 0.6) is 0 Å². The number of halogens is 2. The van der Waals surface area contributed by atoms with Gasteiger partial charge in [-0.05, 0) is 50.8 Å². The molecule has 0 aliphatic heterocycles. The number of nitrogens with one attached hydrogen (secondary N) is 1. The Bertz CT molecular complexity index is 402. The van der Waals surface area contributed by atoms with E-state index in [2.05, 4.69) is 37.2 Å². The van der Waals surface area contributed by atoms with Gasteiger partial charge in [-0.2, -0.15) is 0 Å². The van der Waals surface area contributed by atoms with Gasteiger partial charge in [-0.25, -0.2) is 0 Å². The van der Waals surface area contributed by atoms with Crippen LogP contribution < -0.4 is 11.1 Å². The van der Waals surface area contributed by atoms with Crippen molar-refractivity contribution in [2.75, 3.05) is 0 Å². The molecule has 0 bridgehead atoms. The molecule has 1 aromatic rings. The summed E-state index contributed by atoms with van der Waals surface area (Å²) in [4.78, 5) is 12.7. The molecule has 1 saturated carbocycles. The van der Waals surface area contributed by atoms with Gasteiger partial charge in [0.1, 0.15) is 0 Å². The molecule has 0 radical (unpaired) electrons. The highest BCUT2D eigenvalue weighted by molar-refractivity contribution is 9.13. The predicted molar refractivity (Wildman–Crippen MR) is 77.4 cm³/mol. The van der Waals surface area contributed by atoms with Crippen LogP contribution in [-0.4, -0.2) is 18.0 Å². The molecule has 3 N–H and O–H groups in total. The predicted octanol–water partition coefficient (Wildman–Crippen LogP) is 3.27. The van der Waals surface area contributed by atoms with E-state index in [4.69, 9.17) is 5.73 Å². The fourth-order valence-electron chi connectivity index (χ4n) is 2.04. The van der Waals surface area contributed by atoms with Gasteiger partial charge in [0.05, 0.1) is 8.66 Å². The van der Waals surface area contributed by atoms with Crippen LogP contribution in [0.3, 0.4) is 0 Å². The third-order valence-corrected chi connectivity index (χ3v) is 6.26. The molecule has 94 valence electrons. The number of amides is 1. The molecule has 0 aromatic carbocycles. The van der Waals surface area contributed by atoms with Crippen molar-refractivity contribution in [3.63, 3.8) is 0 Å². The fraction of sp³-hybridized carbons (Fsp3) is 0.545. The molecule has 2 rings (SSSR count). The highest BCUT2D eigenvalue weighted by Gasteiger charge is 2.24. The molecule has 2 unspecified atom stereocenters. The lowest BCUT2D eigenvalue weighted by atomic mass is 9.91. The molecule has 3 nitrogen and oxygen atoms in total. The van der Waals surface area contributed by atoms with Crippen LogP contribution >= 0.6 is 43.2 Å². The summed E-state index contributed by atoms with van der Waals surface area (Å²) in [5, 5.41) is 3.03. The van der Waals surface area contributed by atoms with Gasteiger partial charge in [0.15, 0.2) is 0 Å². The van der Waals surface area contributed by atoms with E-state index >= 15 is 0 Å². The van der Waals surface area contributed by atoms with Gasteiger partial charge >= 0.3 is 0 Å². The van der Waals surface area contributed by atoms with Crippen molar-refractivity contribution in [1.29, 1.82) is 0 Å². The number of nitrogens with two attached hydrogens (primary N) is 1. The Kier molecular flexibility index (Phi) is 4.63. The van der Waals surface area contributed by atoms with E-state index in [1.165, 1.54) is 17.8 Å². The zero-order valence-corrected chi connectivity index (χ0v) is 13.2. The van der Waals surface area contributed by atoms with Gasteiger partial charge in [0, 0.05) is 16.6 Å². The summed E-state index contributed by atoms with van der Waals surface area (Å²) in [6.45, 7) is 0. The minimum atomic E-state index is -0.0243. The van der Waals surface area contributed by atoms with Gasteiger partial charge in [0.25, 0.3) is 5.91 Å². The topological polar surface area (TPSA) is 55.1 Å². The lowest BCUT2D eigenvalue weighted by Crippen LogP contribution is -2.49. The number of hydrogen-bond acceptors (Lipinski definition) is 3. The summed E-state index contributed by atoms with van der Waals surface area (Å²) in [6, 6.07) is 2.05. The lowest BCUT2D eigenvalue weighted by molar-refractivity contribution is 0.0925. The first kappa shape index (κ1) is 13.5. The SMILES string of the molecule is NC1CCCCC1NC(=O)c1cc(Br)c(Br)s1. The molecule has 1 fully saturated rings. The van der Waals surface area contributed by atoms with Crippen molar-refractivity contribution < 1.29 is 4.79 Å².